The van der Waals surface area contributed by atoms with Crippen LogP contribution in [0.4, 0.5) is 0 Å². The molecule has 1 aliphatic rings. The highest BCUT2D eigenvalue weighted by Crippen LogP contribution is 2.23. The van der Waals surface area contributed by atoms with E-state index in [1.165, 1.54) is 11.1 Å². The van der Waals surface area contributed by atoms with E-state index in [9.17, 15) is 4.79 Å². The molecule has 1 heterocycles. The normalized spacial score (nSPS) is 17.4. The number of benzene rings is 1. The van der Waals surface area contributed by atoms with Crippen molar-refractivity contribution >= 4 is 18.3 Å². The fourth-order valence-electron chi connectivity index (χ4n) is 2.78. The lowest BCUT2D eigenvalue weighted by atomic mass is 10.0. The molecule has 0 saturated carbocycles. The van der Waals surface area contributed by atoms with Crippen LogP contribution in [0.3, 0.4) is 0 Å². The van der Waals surface area contributed by atoms with Gasteiger partial charge in [-0.3, -0.25) is 4.79 Å². The zero-order chi connectivity index (χ0) is 16.5. The molecule has 136 valence electrons. The quantitative estimate of drug-likeness (QED) is 0.725. The number of rotatable bonds is 8. The van der Waals surface area contributed by atoms with Gasteiger partial charge in [-0.15, -0.1) is 12.4 Å². The van der Waals surface area contributed by atoms with Crippen molar-refractivity contribution in [2.75, 3.05) is 46.1 Å². The van der Waals surface area contributed by atoms with E-state index in [0.29, 0.717) is 26.4 Å². The Morgan fingerprint density at radius 3 is 2.58 bits per heavy atom. The van der Waals surface area contributed by atoms with E-state index in [2.05, 4.69) is 36.5 Å². The van der Waals surface area contributed by atoms with E-state index < -0.39 is 0 Å². The molecule has 1 saturated heterocycles. The molecule has 2 rings (SSSR count). The summed E-state index contributed by atoms with van der Waals surface area (Å²) in [5.74, 6) is 0.0487. The third-order valence-electron chi connectivity index (χ3n) is 4.14. The zero-order valence-electron chi connectivity index (χ0n) is 14.6. The van der Waals surface area contributed by atoms with Crippen molar-refractivity contribution in [3.05, 3.63) is 35.4 Å². The van der Waals surface area contributed by atoms with E-state index in [1.54, 1.807) is 0 Å². The van der Waals surface area contributed by atoms with Crippen LogP contribution in [0.1, 0.15) is 31.0 Å². The first-order chi connectivity index (χ1) is 11.3. The molecule has 6 heteroatoms. The number of nitrogens with one attached hydrogen (secondary N) is 1. The number of hydrogen-bond acceptors (Lipinski definition) is 4. The first-order valence-electron chi connectivity index (χ1n) is 8.50. The molecule has 5 nitrogen and oxygen atoms in total. The highest BCUT2D eigenvalue weighted by atomic mass is 35.5. The second-order valence-corrected chi connectivity index (χ2v) is 5.65. The molecule has 24 heavy (non-hydrogen) atoms. The van der Waals surface area contributed by atoms with E-state index in [-0.39, 0.29) is 31.0 Å². The molecule has 0 aromatic heterocycles. The summed E-state index contributed by atoms with van der Waals surface area (Å²) in [7, 11) is 0. The first-order valence-corrected chi connectivity index (χ1v) is 8.50. The molecule has 0 bridgehead atoms. The summed E-state index contributed by atoms with van der Waals surface area (Å²) in [6.45, 7) is 8.21. The van der Waals surface area contributed by atoms with Crippen LogP contribution < -0.4 is 5.32 Å². The molecular weight excluding hydrogens is 328 g/mol. The highest BCUT2D eigenvalue weighted by Gasteiger charge is 2.27. The maximum Gasteiger partial charge on any atom is 0.249 e. The molecule has 1 N–H and O–H groups in total. The van der Waals surface area contributed by atoms with E-state index in [4.69, 9.17) is 9.47 Å². The van der Waals surface area contributed by atoms with Gasteiger partial charge in [0.25, 0.3) is 0 Å². The molecular formula is C18H29ClN2O3. The Morgan fingerprint density at radius 2 is 1.92 bits per heavy atom. The Morgan fingerprint density at radius 1 is 1.21 bits per heavy atom. The molecule has 1 amide bonds. The predicted octanol–water partition coefficient (Wildman–Crippen LogP) is 2.20. The van der Waals surface area contributed by atoms with Gasteiger partial charge in [-0.05, 0) is 24.5 Å². The van der Waals surface area contributed by atoms with E-state index in [0.717, 1.165) is 19.5 Å². The number of piperazine rings is 1. The average molecular weight is 357 g/mol. The minimum Gasteiger partial charge on any atom is -0.379 e. The van der Waals surface area contributed by atoms with Crippen molar-refractivity contribution in [2.24, 2.45) is 0 Å². The van der Waals surface area contributed by atoms with Crippen LogP contribution in [-0.4, -0.2) is 56.9 Å². The lowest BCUT2D eigenvalue weighted by Gasteiger charge is -2.36. The Bertz CT molecular complexity index is 482. The third kappa shape index (κ3) is 6.06. The van der Waals surface area contributed by atoms with Gasteiger partial charge < -0.3 is 19.7 Å². The summed E-state index contributed by atoms with van der Waals surface area (Å²) < 4.78 is 10.6. The summed E-state index contributed by atoms with van der Waals surface area (Å²) in [5.41, 5.74) is 2.49. The Balaban J connectivity index is 0.00000288. The van der Waals surface area contributed by atoms with Gasteiger partial charge in [-0.2, -0.15) is 0 Å². The number of carbonyl (C=O) groups excluding carboxylic acids is 1. The summed E-state index contributed by atoms with van der Waals surface area (Å²) in [5, 5.41) is 3.38. The van der Waals surface area contributed by atoms with Gasteiger partial charge >= 0.3 is 0 Å². The highest BCUT2D eigenvalue weighted by molar-refractivity contribution is 5.85. The largest absolute Gasteiger partial charge is 0.379 e. The number of aryl methyl sites for hydroxylation is 1. The van der Waals surface area contributed by atoms with Crippen LogP contribution in [0.2, 0.25) is 0 Å². The minimum absolute atomic E-state index is 0. The van der Waals surface area contributed by atoms with Gasteiger partial charge in [0.2, 0.25) is 5.91 Å². The van der Waals surface area contributed by atoms with Crippen molar-refractivity contribution in [1.29, 1.82) is 0 Å². The minimum atomic E-state index is 0. The van der Waals surface area contributed by atoms with Gasteiger partial charge in [0.15, 0.2) is 0 Å². The molecule has 1 fully saturated rings. The molecule has 0 aliphatic carbocycles. The predicted molar refractivity (Wildman–Crippen MR) is 97.7 cm³/mol. The zero-order valence-corrected chi connectivity index (χ0v) is 15.4. The number of ether oxygens (including phenoxy) is 2. The van der Waals surface area contributed by atoms with Crippen LogP contribution in [0.5, 0.6) is 0 Å². The molecule has 1 aromatic rings. The standard InChI is InChI=1S/C18H28N2O3.ClH/c1-3-15-5-7-16(8-6-15)17-13-19-9-10-20(17)18(21)14-23-12-11-22-4-2;/h5-8,17,19H,3-4,9-14H2,1-2H3;1H. The van der Waals surface area contributed by atoms with Crippen LogP contribution >= 0.6 is 12.4 Å². The van der Waals surface area contributed by atoms with E-state index in [1.807, 2.05) is 11.8 Å². The molecule has 0 radical (unpaired) electrons. The van der Waals surface area contributed by atoms with Gasteiger partial charge in [0.05, 0.1) is 19.3 Å². The number of carbonyl (C=O) groups is 1. The summed E-state index contributed by atoms with van der Waals surface area (Å²) in [4.78, 5) is 14.4. The number of nitrogens with zero attached hydrogens (tertiary/aromatic N) is 1. The fraction of sp³-hybridized carbons (Fsp3) is 0.611. The lowest BCUT2D eigenvalue weighted by Crippen LogP contribution is -2.49. The SMILES string of the molecule is CCOCCOCC(=O)N1CCNCC1c1ccc(CC)cc1.Cl. The van der Waals surface area contributed by atoms with Crippen LogP contribution in [0.15, 0.2) is 24.3 Å². The van der Waals surface area contributed by atoms with Gasteiger partial charge in [0, 0.05) is 26.2 Å². The molecule has 1 aromatic carbocycles. The fourth-order valence-corrected chi connectivity index (χ4v) is 2.78. The Hall–Kier alpha value is -1.14. The monoisotopic (exact) mass is 356 g/mol. The van der Waals surface area contributed by atoms with Crippen molar-refractivity contribution in [1.82, 2.24) is 10.2 Å². The number of amides is 1. The summed E-state index contributed by atoms with van der Waals surface area (Å²) >= 11 is 0. The molecule has 1 unspecified atom stereocenters. The average Bonchev–Trinajstić information content (AvgIpc) is 2.61. The molecule has 1 aliphatic heterocycles. The Labute approximate surface area is 151 Å². The maximum absolute atomic E-state index is 12.5. The summed E-state index contributed by atoms with van der Waals surface area (Å²) in [6, 6.07) is 8.63. The second kappa shape index (κ2) is 11.4. The number of halogens is 1. The van der Waals surface area contributed by atoms with Crippen LogP contribution in [-0.2, 0) is 20.7 Å². The first kappa shape index (κ1) is 20.9. The van der Waals surface area contributed by atoms with Crippen LogP contribution in [0.25, 0.3) is 0 Å². The van der Waals surface area contributed by atoms with E-state index >= 15 is 0 Å². The van der Waals surface area contributed by atoms with Gasteiger partial charge in [0.1, 0.15) is 6.61 Å². The second-order valence-electron chi connectivity index (χ2n) is 5.65. The Kier molecular flexibility index (Phi) is 9.95. The smallest absolute Gasteiger partial charge is 0.249 e. The van der Waals surface area contributed by atoms with Gasteiger partial charge in [-0.25, -0.2) is 0 Å². The molecule has 0 spiro atoms. The third-order valence-corrected chi connectivity index (χ3v) is 4.14. The number of hydrogen-bond donors (Lipinski definition) is 1. The van der Waals surface area contributed by atoms with Crippen molar-refractivity contribution in [3.63, 3.8) is 0 Å². The topological polar surface area (TPSA) is 50.8 Å². The summed E-state index contributed by atoms with van der Waals surface area (Å²) in [6.07, 6.45) is 1.03. The van der Waals surface area contributed by atoms with Crippen molar-refractivity contribution < 1.29 is 14.3 Å². The molecule has 1 atom stereocenters. The van der Waals surface area contributed by atoms with Crippen molar-refractivity contribution in [3.8, 4) is 0 Å². The van der Waals surface area contributed by atoms with Crippen molar-refractivity contribution in [2.45, 2.75) is 26.3 Å². The maximum atomic E-state index is 12.5. The van der Waals surface area contributed by atoms with Gasteiger partial charge in [-0.1, -0.05) is 31.2 Å². The van der Waals surface area contributed by atoms with Crippen LogP contribution in [0, 0.1) is 0 Å². The lowest BCUT2D eigenvalue weighted by molar-refractivity contribution is -0.140.